The van der Waals surface area contributed by atoms with E-state index >= 15 is 0 Å². The summed E-state index contributed by atoms with van der Waals surface area (Å²) in [6.07, 6.45) is 2.95. The van der Waals surface area contributed by atoms with Gasteiger partial charge in [0, 0.05) is 26.2 Å². The normalized spacial score (nSPS) is 14.2. The molecule has 0 saturated carbocycles. The van der Waals surface area contributed by atoms with Crippen LogP contribution in [-0.2, 0) is 11.2 Å². The van der Waals surface area contributed by atoms with Gasteiger partial charge in [-0.3, -0.25) is 4.79 Å². The molecule has 1 aromatic carbocycles. The van der Waals surface area contributed by atoms with Crippen molar-refractivity contribution in [1.29, 1.82) is 0 Å². The van der Waals surface area contributed by atoms with Crippen molar-refractivity contribution in [2.24, 2.45) is 4.99 Å². The fourth-order valence-electron chi connectivity index (χ4n) is 2.81. The van der Waals surface area contributed by atoms with Crippen LogP contribution in [-0.4, -0.2) is 49.5 Å². The zero-order valence-electron chi connectivity index (χ0n) is 15.0. The number of hydrogen-bond donors (Lipinski definition) is 2. The summed E-state index contributed by atoms with van der Waals surface area (Å²) in [5.41, 5.74) is 2.05. The van der Waals surface area contributed by atoms with Gasteiger partial charge in [-0.15, -0.1) is 24.0 Å². The molecule has 0 radical (unpaired) electrons. The Balaban J connectivity index is 0.00000312. The molecule has 1 heterocycles. The van der Waals surface area contributed by atoms with E-state index in [-0.39, 0.29) is 42.2 Å². The third-order valence-corrected chi connectivity index (χ3v) is 4.17. The van der Waals surface area contributed by atoms with Gasteiger partial charge in [0.1, 0.15) is 12.4 Å². The van der Waals surface area contributed by atoms with Gasteiger partial charge in [0.15, 0.2) is 5.96 Å². The number of aryl methyl sites for hydroxylation is 1. The van der Waals surface area contributed by atoms with Crippen molar-refractivity contribution in [3.05, 3.63) is 35.1 Å². The topological polar surface area (TPSA) is 56.7 Å². The number of aliphatic imine (C=N–C) groups is 1. The fourth-order valence-corrected chi connectivity index (χ4v) is 2.81. The van der Waals surface area contributed by atoms with Crippen LogP contribution >= 0.6 is 24.0 Å². The predicted octanol–water partition coefficient (Wildman–Crippen LogP) is 2.47. The van der Waals surface area contributed by atoms with Crippen LogP contribution in [0.5, 0.6) is 0 Å². The number of halogens is 2. The molecule has 1 aromatic rings. The van der Waals surface area contributed by atoms with Crippen LogP contribution in [0.2, 0.25) is 0 Å². The predicted molar refractivity (Wildman–Crippen MR) is 110 cm³/mol. The van der Waals surface area contributed by atoms with Crippen molar-refractivity contribution in [3.8, 4) is 0 Å². The molecule has 0 atom stereocenters. The Labute approximate surface area is 166 Å². The summed E-state index contributed by atoms with van der Waals surface area (Å²) in [6.45, 7) is 7.18. The molecule has 0 bridgehead atoms. The summed E-state index contributed by atoms with van der Waals surface area (Å²) in [7, 11) is 0. The van der Waals surface area contributed by atoms with Gasteiger partial charge in [-0.25, -0.2) is 9.38 Å². The van der Waals surface area contributed by atoms with Gasteiger partial charge in [-0.2, -0.15) is 0 Å². The van der Waals surface area contributed by atoms with Crippen LogP contribution in [0, 0.1) is 12.7 Å². The van der Waals surface area contributed by atoms with E-state index in [0.717, 1.165) is 50.0 Å². The Hall–Kier alpha value is -1.38. The van der Waals surface area contributed by atoms with Crippen LogP contribution < -0.4 is 10.6 Å². The van der Waals surface area contributed by atoms with E-state index in [0.29, 0.717) is 12.5 Å². The second-order valence-electron chi connectivity index (χ2n) is 6.03. The van der Waals surface area contributed by atoms with Crippen LogP contribution in [0.15, 0.2) is 23.2 Å². The highest BCUT2D eigenvalue weighted by molar-refractivity contribution is 14.0. The van der Waals surface area contributed by atoms with Gasteiger partial charge in [0.05, 0.1) is 0 Å². The van der Waals surface area contributed by atoms with Gasteiger partial charge in [-0.1, -0.05) is 6.07 Å². The van der Waals surface area contributed by atoms with Gasteiger partial charge < -0.3 is 15.5 Å². The quantitative estimate of drug-likeness (QED) is 0.388. The summed E-state index contributed by atoms with van der Waals surface area (Å²) >= 11 is 0. The number of guanidine groups is 1. The third-order valence-electron chi connectivity index (χ3n) is 4.17. The number of carbonyl (C=O) groups excluding carboxylic acids is 1. The minimum atomic E-state index is -0.209. The molecule has 0 unspecified atom stereocenters. The van der Waals surface area contributed by atoms with Crippen LogP contribution in [0.1, 0.15) is 30.9 Å². The zero-order chi connectivity index (χ0) is 17.4. The number of nitrogens with one attached hydrogen (secondary N) is 2. The smallest absolute Gasteiger partial charge is 0.244 e. The highest BCUT2D eigenvalue weighted by Crippen LogP contribution is 2.10. The van der Waals surface area contributed by atoms with E-state index in [9.17, 15) is 9.18 Å². The fraction of sp³-hybridized carbons (Fsp3) is 0.556. The highest BCUT2D eigenvalue weighted by atomic mass is 127. The number of benzene rings is 1. The maximum absolute atomic E-state index is 13.1. The molecular weight excluding hydrogens is 434 g/mol. The standard InChI is InChI=1S/C18H27FN4O.HI/c1-3-20-18(22-13-17(24)23-10-4-5-11-23)21-9-8-15-6-7-16(19)12-14(15)2;/h6-7,12H,3-5,8-11,13H2,1-2H3,(H2,20,21,22);1H. The monoisotopic (exact) mass is 462 g/mol. The van der Waals surface area contributed by atoms with Gasteiger partial charge in [0.2, 0.25) is 5.91 Å². The first-order valence-electron chi connectivity index (χ1n) is 8.65. The Kier molecular flexibility index (Phi) is 9.77. The van der Waals surface area contributed by atoms with E-state index in [2.05, 4.69) is 15.6 Å². The average molecular weight is 462 g/mol. The van der Waals surface area contributed by atoms with E-state index in [1.165, 1.54) is 6.07 Å². The van der Waals surface area contributed by atoms with Gasteiger partial charge in [0.25, 0.3) is 0 Å². The molecule has 1 aliphatic heterocycles. The van der Waals surface area contributed by atoms with Crippen LogP contribution in [0.3, 0.4) is 0 Å². The van der Waals surface area contributed by atoms with Crippen molar-refractivity contribution in [3.63, 3.8) is 0 Å². The SMILES string of the molecule is CCNC(=NCC(=O)N1CCCC1)NCCc1ccc(F)cc1C.I. The van der Waals surface area contributed by atoms with Gasteiger partial charge >= 0.3 is 0 Å². The summed E-state index contributed by atoms with van der Waals surface area (Å²) in [5.74, 6) is 0.517. The molecule has 1 saturated heterocycles. The lowest BCUT2D eigenvalue weighted by molar-refractivity contribution is -0.128. The lowest BCUT2D eigenvalue weighted by Gasteiger charge is -2.15. The minimum Gasteiger partial charge on any atom is -0.357 e. The number of likely N-dealkylation sites (tertiary alicyclic amines) is 1. The molecule has 2 N–H and O–H groups in total. The average Bonchev–Trinajstić information content (AvgIpc) is 3.09. The molecule has 1 amide bonds. The Morgan fingerprint density at radius 3 is 2.64 bits per heavy atom. The second-order valence-corrected chi connectivity index (χ2v) is 6.03. The molecule has 5 nitrogen and oxygen atoms in total. The van der Waals surface area contributed by atoms with Crippen molar-refractivity contribution in [1.82, 2.24) is 15.5 Å². The maximum atomic E-state index is 13.1. The summed E-state index contributed by atoms with van der Waals surface area (Å²) in [6, 6.07) is 4.84. The molecule has 0 aromatic heterocycles. The van der Waals surface area contributed by atoms with E-state index in [1.54, 1.807) is 6.07 Å². The van der Waals surface area contributed by atoms with Crippen molar-refractivity contribution < 1.29 is 9.18 Å². The minimum absolute atomic E-state index is 0. The Bertz CT molecular complexity index is 588. The molecule has 0 spiro atoms. The first kappa shape index (κ1) is 21.7. The number of nitrogens with zero attached hydrogens (tertiary/aromatic N) is 2. The Morgan fingerprint density at radius 2 is 2.00 bits per heavy atom. The van der Waals surface area contributed by atoms with Crippen molar-refractivity contribution in [2.45, 2.75) is 33.1 Å². The highest BCUT2D eigenvalue weighted by Gasteiger charge is 2.17. The van der Waals surface area contributed by atoms with Crippen LogP contribution in [0.25, 0.3) is 0 Å². The molecule has 140 valence electrons. The number of hydrogen-bond acceptors (Lipinski definition) is 2. The molecule has 7 heteroatoms. The lowest BCUT2D eigenvalue weighted by atomic mass is 10.1. The van der Waals surface area contributed by atoms with Gasteiger partial charge in [-0.05, 0) is 56.4 Å². The van der Waals surface area contributed by atoms with Crippen LogP contribution in [0.4, 0.5) is 4.39 Å². The molecular formula is C18H28FIN4O. The number of amides is 1. The van der Waals surface area contributed by atoms with E-state index < -0.39 is 0 Å². The third kappa shape index (κ3) is 7.17. The van der Waals surface area contributed by atoms with Crippen molar-refractivity contribution in [2.75, 3.05) is 32.7 Å². The largest absolute Gasteiger partial charge is 0.357 e. The first-order valence-corrected chi connectivity index (χ1v) is 8.65. The Morgan fingerprint density at radius 1 is 1.28 bits per heavy atom. The lowest BCUT2D eigenvalue weighted by Crippen LogP contribution is -2.39. The maximum Gasteiger partial charge on any atom is 0.244 e. The molecule has 25 heavy (non-hydrogen) atoms. The van der Waals surface area contributed by atoms with Crippen molar-refractivity contribution >= 4 is 35.8 Å². The van der Waals surface area contributed by atoms with E-state index in [1.807, 2.05) is 24.8 Å². The molecule has 1 fully saturated rings. The molecule has 1 aliphatic rings. The molecule has 2 rings (SSSR count). The number of rotatable bonds is 6. The zero-order valence-corrected chi connectivity index (χ0v) is 17.3. The summed E-state index contributed by atoms with van der Waals surface area (Å²) < 4.78 is 13.1. The molecule has 0 aliphatic carbocycles. The van der Waals surface area contributed by atoms with E-state index in [4.69, 9.17) is 0 Å². The summed E-state index contributed by atoms with van der Waals surface area (Å²) in [4.78, 5) is 18.3. The first-order chi connectivity index (χ1) is 11.6. The number of carbonyl (C=O) groups is 1. The summed E-state index contributed by atoms with van der Waals surface area (Å²) in [5, 5.41) is 6.38. The second kappa shape index (κ2) is 11.3.